The van der Waals surface area contributed by atoms with Crippen molar-refractivity contribution < 1.29 is 26.7 Å². The number of hydrogen-bond donors (Lipinski definition) is 2. The van der Waals surface area contributed by atoms with E-state index in [1.165, 1.54) is 31.5 Å². The number of nitrogens with one attached hydrogen (secondary N) is 2. The standard InChI is InChI=1S/C11H11F2N5O4S/c1-7-6-8(22-9(12)13)15-10(14-7)16-11(19)17-23(20,21)18-4-2-3-5-18/h2-6,9H,1H3,(H2,14,15,16,17,19). The van der Waals surface area contributed by atoms with Crippen LogP contribution in [-0.2, 0) is 10.2 Å². The van der Waals surface area contributed by atoms with Crippen LogP contribution in [0.5, 0.6) is 5.88 Å². The van der Waals surface area contributed by atoms with E-state index in [0.29, 0.717) is 0 Å². The molecule has 0 aliphatic carbocycles. The molecule has 0 saturated heterocycles. The molecule has 0 saturated carbocycles. The Labute approximate surface area is 129 Å². The number of urea groups is 1. The predicted molar refractivity (Wildman–Crippen MR) is 74.3 cm³/mol. The molecule has 12 heteroatoms. The van der Waals surface area contributed by atoms with Gasteiger partial charge in [-0.3, -0.25) is 5.32 Å². The Bertz CT molecular complexity index is 795. The van der Waals surface area contributed by atoms with Crippen molar-refractivity contribution in [2.45, 2.75) is 13.5 Å². The van der Waals surface area contributed by atoms with E-state index in [0.717, 1.165) is 10.0 Å². The molecule has 2 aromatic heterocycles. The van der Waals surface area contributed by atoms with Gasteiger partial charge in [0.25, 0.3) is 0 Å². The number of anilines is 1. The van der Waals surface area contributed by atoms with Crippen molar-refractivity contribution in [3.63, 3.8) is 0 Å². The van der Waals surface area contributed by atoms with E-state index in [1.807, 2.05) is 5.32 Å². The summed E-state index contributed by atoms with van der Waals surface area (Å²) in [5.74, 6) is -0.850. The molecule has 2 aromatic rings. The second-order valence-electron chi connectivity index (χ2n) is 4.12. The first-order valence-electron chi connectivity index (χ1n) is 6.04. The smallest absolute Gasteiger partial charge is 0.388 e. The highest BCUT2D eigenvalue weighted by atomic mass is 32.2. The fourth-order valence-electron chi connectivity index (χ4n) is 1.52. The largest absolute Gasteiger partial charge is 0.417 e. The number of alkyl halides is 2. The Morgan fingerprint density at radius 3 is 2.57 bits per heavy atom. The second-order valence-corrected chi connectivity index (χ2v) is 5.70. The molecule has 0 aliphatic rings. The van der Waals surface area contributed by atoms with Crippen molar-refractivity contribution in [2.75, 3.05) is 5.32 Å². The quantitative estimate of drug-likeness (QED) is 0.837. The summed E-state index contributed by atoms with van der Waals surface area (Å²) in [7, 11) is -4.13. The third kappa shape index (κ3) is 4.60. The molecule has 0 fully saturated rings. The summed E-state index contributed by atoms with van der Waals surface area (Å²) in [6.45, 7) is -1.64. The van der Waals surface area contributed by atoms with Crippen molar-refractivity contribution in [2.24, 2.45) is 0 Å². The van der Waals surface area contributed by atoms with Crippen LogP contribution in [0.2, 0.25) is 0 Å². The molecule has 23 heavy (non-hydrogen) atoms. The lowest BCUT2D eigenvalue weighted by Gasteiger charge is -2.10. The number of ether oxygens (including phenoxy) is 1. The first-order valence-corrected chi connectivity index (χ1v) is 7.48. The first-order chi connectivity index (χ1) is 10.8. The van der Waals surface area contributed by atoms with Gasteiger partial charge in [-0.15, -0.1) is 0 Å². The minimum absolute atomic E-state index is 0.235. The Morgan fingerprint density at radius 1 is 1.30 bits per heavy atom. The van der Waals surface area contributed by atoms with Crippen molar-refractivity contribution in [1.82, 2.24) is 18.7 Å². The fourth-order valence-corrected chi connectivity index (χ4v) is 2.37. The third-order valence-electron chi connectivity index (χ3n) is 2.34. The van der Waals surface area contributed by atoms with Crippen molar-refractivity contribution >= 4 is 22.2 Å². The van der Waals surface area contributed by atoms with Gasteiger partial charge in [-0.05, 0) is 19.1 Å². The molecule has 0 radical (unpaired) electrons. The Hall–Kier alpha value is -2.76. The van der Waals surface area contributed by atoms with E-state index in [9.17, 15) is 22.0 Å². The number of halogens is 2. The average Bonchev–Trinajstić information content (AvgIpc) is 2.90. The molecule has 0 bridgehead atoms. The molecule has 0 atom stereocenters. The van der Waals surface area contributed by atoms with Crippen molar-refractivity contribution in [3.05, 3.63) is 36.3 Å². The Kier molecular flexibility index (Phi) is 4.74. The monoisotopic (exact) mass is 347 g/mol. The van der Waals surface area contributed by atoms with E-state index in [-0.39, 0.29) is 11.6 Å². The number of aromatic nitrogens is 3. The minimum atomic E-state index is -4.13. The van der Waals surface area contributed by atoms with Gasteiger partial charge in [-0.2, -0.15) is 22.2 Å². The molecule has 0 unspecified atom stereocenters. The highest BCUT2D eigenvalue weighted by molar-refractivity contribution is 7.88. The second kappa shape index (κ2) is 6.56. The minimum Gasteiger partial charge on any atom is -0.417 e. The van der Waals surface area contributed by atoms with Gasteiger partial charge in [0.1, 0.15) is 0 Å². The van der Waals surface area contributed by atoms with Crippen LogP contribution in [0, 0.1) is 6.92 Å². The Morgan fingerprint density at radius 2 is 1.96 bits per heavy atom. The summed E-state index contributed by atoms with van der Waals surface area (Å²) < 4.78 is 54.5. The molecule has 2 N–H and O–H groups in total. The van der Waals surface area contributed by atoms with Crippen LogP contribution >= 0.6 is 0 Å². The number of carbonyl (C=O) groups is 1. The molecule has 9 nitrogen and oxygen atoms in total. The van der Waals surface area contributed by atoms with Crippen LogP contribution in [0.25, 0.3) is 0 Å². The van der Waals surface area contributed by atoms with Gasteiger partial charge < -0.3 is 4.74 Å². The zero-order valence-electron chi connectivity index (χ0n) is 11.6. The molecule has 0 spiro atoms. The zero-order chi connectivity index (χ0) is 17.0. The number of nitrogens with zero attached hydrogens (tertiary/aromatic N) is 3. The zero-order valence-corrected chi connectivity index (χ0v) is 12.4. The van der Waals surface area contributed by atoms with Gasteiger partial charge in [0, 0.05) is 24.2 Å². The number of carbonyl (C=O) groups excluding carboxylic acids is 1. The molecular weight excluding hydrogens is 336 g/mol. The average molecular weight is 347 g/mol. The van der Waals surface area contributed by atoms with E-state index in [4.69, 9.17) is 0 Å². The van der Waals surface area contributed by atoms with Gasteiger partial charge in [0.15, 0.2) is 0 Å². The van der Waals surface area contributed by atoms with Crippen molar-refractivity contribution in [1.29, 1.82) is 0 Å². The first kappa shape index (κ1) is 16.6. The molecule has 2 heterocycles. The summed E-state index contributed by atoms with van der Waals surface area (Å²) >= 11 is 0. The van der Waals surface area contributed by atoms with Crippen LogP contribution in [0.3, 0.4) is 0 Å². The topological polar surface area (TPSA) is 115 Å². The summed E-state index contributed by atoms with van der Waals surface area (Å²) in [5, 5.41) is 2.02. The summed E-state index contributed by atoms with van der Waals surface area (Å²) in [5.41, 5.74) is 0.235. The highest BCUT2D eigenvalue weighted by Gasteiger charge is 2.17. The van der Waals surface area contributed by atoms with Crippen LogP contribution in [0.15, 0.2) is 30.6 Å². The van der Waals surface area contributed by atoms with E-state index < -0.39 is 28.7 Å². The van der Waals surface area contributed by atoms with Crippen LogP contribution in [0.4, 0.5) is 19.5 Å². The third-order valence-corrected chi connectivity index (χ3v) is 3.58. The molecule has 2 rings (SSSR count). The summed E-state index contributed by atoms with van der Waals surface area (Å²) in [4.78, 5) is 19.0. The van der Waals surface area contributed by atoms with Crippen molar-refractivity contribution in [3.8, 4) is 5.88 Å². The number of amides is 2. The molecule has 124 valence electrons. The van der Waals surface area contributed by atoms with Gasteiger partial charge in [-0.1, -0.05) is 0 Å². The van der Waals surface area contributed by atoms with E-state index in [1.54, 1.807) is 4.72 Å². The predicted octanol–water partition coefficient (Wildman–Crippen LogP) is 1.10. The van der Waals surface area contributed by atoms with E-state index in [2.05, 4.69) is 14.7 Å². The number of rotatable bonds is 5. The molecule has 2 amide bonds. The SMILES string of the molecule is Cc1cc(OC(F)F)nc(NC(=O)NS(=O)(=O)n2cccc2)n1. The van der Waals surface area contributed by atoms with Gasteiger partial charge in [-0.25, -0.2) is 18.5 Å². The maximum absolute atomic E-state index is 12.2. The van der Waals surface area contributed by atoms with Gasteiger partial charge in [0.05, 0.1) is 0 Å². The lowest BCUT2D eigenvalue weighted by molar-refractivity contribution is -0.0528. The Balaban J connectivity index is 2.10. The van der Waals surface area contributed by atoms with Crippen LogP contribution in [0.1, 0.15) is 5.69 Å². The normalized spacial score (nSPS) is 11.3. The fraction of sp³-hybridized carbons (Fsp3) is 0.182. The highest BCUT2D eigenvalue weighted by Crippen LogP contribution is 2.14. The summed E-state index contributed by atoms with van der Waals surface area (Å²) in [6.07, 6.45) is 2.43. The molecule has 0 aliphatic heterocycles. The van der Waals surface area contributed by atoms with E-state index >= 15 is 0 Å². The number of aryl methyl sites for hydroxylation is 1. The molecular formula is C11H11F2N5O4S. The lowest BCUT2D eigenvalue weighted by Crippen LogP contribution is -2.38. The number of hydrogen-bond acceptors (Lipinski definition) is 6. The van der Waals surface area contributed by atoms with Crippen LogP contribution < -0.4 is 14.8 Å². The maximum Gasteiger partial charge on any atom is 0.388 e. The molecule has 0 aromatic carbocycles. The van der Waals surface area contributed by atoms with Crippen LogP contribution in [-0.4, -0.2) is 35.0 Å². The lowest BCUT2D eigenvalue weighted by atomic mass is 10.4. The van der Waals surface area contributed by atoms with Gasteiger partial charge >= 0.3 is 22.9 Å². The summed E-state index contributed by atoms with van der Waals surface area (Å²) in [6, 6.07) is 2.88. The van der Waals surface area contributed by atoms with Gasteiger partial charge in [0.2, 0.25) is 11.8 Å². The maximum atomic E-state index is 12.2.